The van der Waals surface area contributed by atoms with Crippen LogP contribution in [0.5, 0.6) is 11.5 Å². The van der Waals surface area contributed by atoms with E-state index in [1.807, 2.05) is 0 Å². The van der Waals surface area contributed by atoms with E-state index < -0.39 is 9.84 Å². The number of aryl methyl sites for hydroxylation is 3. The number of aromatic hydroxyl groups is 2. The van der Waals surface area contributed by atoms with Crippen LogP contribution in [0.1, 0.15) is 16.7 Å². The maximum atomic E-state index is 12.7. The predicted octanol–water partition coefficient (Wildman–Crippen LogP) is 2.86. The van der Waals surface area contributed by atoms with Crippen LogP contribution in [0, 0.1) is 20.8 Å². The van der Waals surface area contributed by atoms with E-state index in [2.05, 4.69) is 0 Å². The standard InChI is InChI=1S/C15H16O4S/c1-9-4-5-12(16)8-15(9)20(18,19)14-7-10(2)13(17)6-11(14)3/h4-8,16-17H,1-3H3. The normalized spacial score (nSPS) is 11.6. The second-order valence-electron chi connectivity index (χ2n) is 4.86. The molecule has 0 aliphatic heterocycles. The summed E-state index contributed by atoms with van der Waals surface area (Å²) >= 11 is 0. The summed E-state index contributed by atoms with van der Waals surface area (Å²) < 4.78 is 25.4. The van der Waals surface area contributed by atoms with E-state index in [0.717, 1.165) is 0 Å². The van der Waals surface area contributed by atoms with Crippen molar-refractivity contribution in [3.8, 4) is 11.5 Å². The fourth-order valence-electron chi connectivity index (χ4n) is 2.06. The molecule has 106 valence electrons. The van der Waals surface area contributed by atoms with Gasteiger partial charge in [0.25, 0.3) is 0 Å². The van der Waals surface area contributed by atoms with E-state index in [1.165, 1.54) is 24.3 Å². The summed E-state index contributed by atoms with van der Waals surface area (Å²) in [6.45, 7) is 4.95. The van der Waals surface area contributed by atoms with Crippen molar-refractivity contribution in [1.82, 2.24) is 0 Å². The highest BCUT2D eigenvalue weighted by molar-refractivity contribution is 7.91. The summed E-state index contributed by atoms with van der Waals surface area (Å²) in [4.78, 5) is 0.215. The molecule has 0 aliphatic carbocycles. The topological polar surface area (TPSA) is 74.6 Å². The minimum absolute atomic E-state index is 0.0640. The Kier molecular flexibility index (Phi) is 3.48. The van der Waals surface area contributed by atoms with E-state index in [1.54, 1.807) is 26.8 Å². The third-order valence-electron chi connectivity index (χ3n) is 3.24. The summed E-state index contributed by atoms with van der Waals surface area (Å²) in [5.74, 6) is -0.0311. The van der Waals surface area contributed by atoms with E-state index in [9.17, 15) is 18.6 Å². The van der Waals surface area contributed by atoms with Gasteiger partial charge in [0, 0.05) is 0 Å². The first-order chi connectivity index (χ1) is 9.23. The molecule has 0 saturated heterocycles. The zero-order valence-corrected chi connectivity index (χ0v) is 12.3. The molecule has 2 N–H and O–H groups in total. The molecule has 0 heterocycles. The van der Waals surface area contributed by atoms with Crippen LogP contribution in [-0.4, -0.2) is 18.6 Å². The van der Waals surface area contributed by atoms with Gasteiger partial charge in [0.2, 0.25) is 9.84 Å². The second-order valence-corrected chi connectivity index (χ2v) is 6.74. The summed E-state index contributed by atoms with van der Waals surface area (Å²) in [5, 5.41) is 19.1. The van der Waals surface area contributed by atoms with Crippen molar-refractivity contribution in [3.63, 3.8) is 0 Å². The number of benzene rings is 2. The van der Waals surface area contributed by atoms with Crippen molar-refractivity contribution in [2.24, 2.45) is 0 Å². The maximum Gasteiger partial charge on any atom is 0.207 e. The van der Waals surface area contributed by atoms with E-state index in [0.29, 0.717) is 16.7 Å². The number of rotatable bonds is 2. The molecule has 0 aromatic heterocycles. The molecule has 4 nitrogen and oxygen atoms in total. The van der Waals surface area contributed by atoms with Gasteiger partial charge in [-0.3, -0.25) is 0 Å². The van der Waals surface area contributed by atoms with Gasteiger partial charge in [0.1, 0.15) is 11.5 Å². The van der Waals surface area contributed by atoms with Gasteiger partial charge in [-0.15, -0.1) is 0 Å². The molecule has 2 rings (SSSR count). The van der Waals surface area contributed by atoms with Gasteiger partial charge in [0.15, 0.2) is 0 Å². The van der Waals surface area contributed by atoms with Gasteiger partial charge in [-0.25, -0.2) is 8.42 Å². The zero-order chi connectivity index (χ0) is 15.1. The molecule has 20 heavy (non-hydrogen) atoms. The summed E-state index contributed by atoms with van der Waals surface area (Å²) in [6, 6.07) is 7.13. The van der Waals surface area contributed by atoms with E-state index in [-0.39, 0.29) is 21.3 Å². The molecule has 5 heteroatoms. The van der Waals surface area contributed by atoms with Crippen molar-refractivity contribution < 1.29 is 18.6 Å². The minimum Gasteiger partial charge on any atom is -0.508 e. The quantitative estimate of drug-likeness (QED) is 0.892. The lowest BCUT2D eigenvalue weighted by atomic mass is 10.1. The fourth-order valence-corrected chi connectivity index (χ4v) is 3.88. The molecule has 0 aliphatic rings. The van der Waals surface area contributed by atoms with Crippen LogP contribution in [0.2, 0.25) is 0 Å². The Morgan fingerprint density at radius 3 is 2.05 bits per heavy atom. The monoisotopic (exact) mass is 292 g/mol. The Bertz CT molecular complexity index is 777. The van der Waals surface area contributed by atoms with Crippen LogP contribution >= 0.6 is 0 Å². The Labute approximate surface area is 118 Å². The second kappa shape index (κ2) is 4.83. The molecule has 0 amide bonds. The number of sulfone groups is 1. The molecule has 0 fully saturated rings. The molecule has 0 spiro atoms. The summed E-state index contributed by atoms with van der Waals surface area (Å²) in [5.41, 5.74) is 1.52. The highest BCUT2D eigenvalue weighted by Gasteiger charge is 2.23. The average Bonchev–Trinajstić information content (AvgIpc) is 2.36. The van der Waals surface area contributed by atoms with Crippen LogP contribution in [0.25, 0.3) is 0 Å². The van der Waals surface area contributed by atoms with Crippen molar-refractivity contribution >= 4 is 9.84 Å². The van der Waals surface area contributed by atoms with Crippen molar-refractivity contribution in [2.75, 3.05) is 0 Å². The number of phenols is 2. The van der Waals surface area contributed by atoms with E-state index >= 15 is 0 Å². The van der Waals surface area contributed by atoms with Crippen LogP contribution in [0.15, 0.2) is 40.1 Å². The largest absolute Gasteiger partial charge is 0.508 e. The number of hydrogen-bond donors (Lipinski definition) is 2. The van der Waals surface area contributed by atoms with Gasteiger partial charge in [-0.2, -0.15) is 0 Å². The van der Waals surface area contributed by atoms with Crippen LogP contribution < -0.4 is 0 Å². The number of hydrogen-bond acceptors (Lipinski definition) is 4. The Balaban J connectivity index is 2.73. The zero-order valence-electron chi connectivity index (χ0n) is 11.5. The lowest BCUT2D eigenvalue weighted by Crippen LogP contribution is -2.06. The molecule has 0 radical (unpaired) electrons. The molecular formula is C15H16O4S. The van der Waals surface area contributed by atoms with Crippen LogP contribution in [-0.2, 0) is 9.84 Å². The minimum atomic E-state index is -3.73. The van der Waals surface area contributed by atoms with Gasteiger partial charge >= 0.3 is 0 Å². The Morgan fingerprint density at radius 1 is 0.800 bits per heavy atom. The molecule has 2 aromatic rings. The molecule has 2 aromatic carbocycles. The highest BCUT2D eigenvalue weighted by Crippen LogP contribution is 2.31. The average molecular weight is 292 g/mol. The number of phenolic OH excluding ortho intramolecular Hbond substituents is 2. The highest BCUT2D eigenvalue weighted by atomic mass is 32.2. The molecular weight excluding hydrogens is 276 g/mol. The lowest BCUT2D eigenvalue weighted by Gasteiger charge is -2.12. The predicted molar refractivity (Wildman–Crippen MR) is 75.9 cm³/mol. The van der Waals surface area contributed by atoms with Gasteiger partial charge in [0.05, 0.1) is 9.79 Å². The first-order valence-electron chi connectivity index (χ1n) is 6.08. The van der Waals surface area contributed by atoms with Crippen LogP contribution in [0.4, 0.5) is 0 Å². The summed E-state index contributed by atoms with van der Waals surface area (Å²) in [7, 11) is -3.73. The first-order valence-corrected chi connectivity index (χ1v) is 7.56. The molecule has 0 saturated carbocycles. The van der Waals surface area contributed by atoms with Gasteiger partial charge < -0.3 is 10.2 Å². The van der Waals surface area contributed by atoms with Gasteiger partial charge in [-0.05, 0) is 61.7 Å². The summed E-state index contributed by atoms with van der Waals surface area (Å²) in [6.07, 6.45) is 0. The molecule has 0 bridgehead atoms. The maximum absolute atomic E-state index is 12.7. The van der Waals surface area contributed by atoms with Crippen molar-refractivity contribution in [1.29, 1.82) is 0 Å². The third kappa shape index (κ3) is 2.36. The van der Waals surface area contributed by atoms with Gasteiger partial charge in [-0.1, -0.05) is 6.07 Å². The van der Waals surface area contributed by atoms with Crippen molar-refractivity contribution in [2.45, 2.75) is 30.6 Å². The fraction of sp³-hybridized carbons (Fsp3) is 0.200. The Hall–Kier alpha value is -2.01. The Morgan fingerprint density at radius 2 is 1.40 bits per heavy atom. The van der Waals surface area contributed by atoms with Crippen molar-refractivity contribution in [3.05, 3.63) is 47.0 Å². The SMILES string of the molecule is Cc1cc(S(=O)(=O)c2cc(O)ccc2C)c(C)cc1O. The first kappa shape index (κ1) is 14.4. The third-order valence-corrected chi connectivity index (χ3v) is 5.28. The lowest BCUT2D eigenvalue weighted by molar-refractivity contribution is 0.469. The molecule has 0 unspecified atom stereocenters. The van der Waals surface area contributed by atoms with E-state index in [4.69, 9.17) is 0 Å². The smallest absolute Gasteiger partial charge is 0.207 e. The van der Waals surface area contributed by atoms with Crippen LogP contribution in [0.3, 0.4) is 0 Å². The molecule has 0 atom stereocenters.